The Labute approximate surface area is 140 Å². The van der Waals surface area contributed by atoms with E-state index < -0.39 is 18.4 Å². The summed E-state index contributed by atoms with van der Waals surface area (Å²) in [4.78, 5) is 0. The van der Waals surface area contributed by atoms with Crippen LogP contribution in [0.4, 0.5) is 0 Å². The predicted octanol–water partition coefficient (Wildman–Crippen LogP) is 8.20. The van der Waals surface area contributed by atoms with Crippen LogP contribution in [0.15, 0.2) is 0 Å². The molecule has 1 heteroatoms. The van der Waals surface area contributed by atoms with Gasteiger partial charge in [0.2, 0.25) is 0 Å². The van der Waals surface area contributed by atoms with Crippen LogP contribution in [0, 0.1) is 0 Å². The molecule has 0 radical (unpaired) electrons. The molecule has 0 rings (SSSR count). The Morgan fingerprint density at radius 2 is 0.714 bits per heavy atom. The molecule has 0 N–H and O–H groups in total. The Morgan fingerprint density at radius 1 is 0.381 bits per heavy atom. The summed E-state index contributed by atoms with van der Waals surface area (Å²) in [6.07, 6.45) is 17.8. The van der Waals surface area contributed by atoms with Gasteiger partial charge in [-0.1, -0.05) is 0 Å². The summed E-state index contributed by atoms with van der Waals surface area (Å²) >= 11 is -1.76. The second-order valence-electron chi connectivity index (χ2n) is 7.33. The van der Waals surface area contributed by atoms with Crippen LogP contribution in [-0.4, -0.2) is 18.4 Å². The number of unbranched alkanes of at least 4 members (excludes halogenated alkanes) is 8. The summed E-state index contributed by atoms with van der Waals surface area (Å²) in [5, 5.41) is 0. The summed E-state index contributed by atoms with van der Waals surface area (Å²) < 4.78 is 6.85. The Balaban J connectivity index is 4.28. The molecule has 0 aliphatic carbocycles. The molecule has 0 aromatic carbocycles. The third-order valence-corrected chi connectivity index (χ3v) is 21.4. The third-order valence-electron chi connectivity index (χ3n) is 5.24. The van der Waals surface area contributed by atoms with Crippen LogP contribution in [0.2, 0.25) is 17.7 Å². The fourth-order valence-electron chi connectivity index (χ4n) is 3.69. The fourth-order valence-corrected chi connectivity index (χ4v) is 20.3. The van der Waals surface area contributed by atoms with Crippen LogP contribution in [-0.2, 0) is 0 Å². The van der Waals surface area contributed by atoms with E-state index in [4.69, 9.17) is 0 Å². The first-order chi connectivity index (χ1) is 10.2. The molecule has 0 heterocycles. The van der Waals surface area contributed by atoms with Gasteiger partial charge in [0.25, 0.3) is 0 Å². The first-order valence-corrected chi connectivity index (χ1v) is 18.3. The summed E-state index contributed by atoms with van der Waals surface area (Å²) in [5.74, 6) is 0. The Kier molecular flexibility index (Phi) is 16.3. The molecule has 21 heavy (non-hydrogen) atoms. The van der Waals surface area contributed by atoms with Crippen LogP contribution in [0.25, 0.3) is 0 Å². The van der Waals surface area contributed by atoms with Gasteiger partial charge in [0.05, 0.1) is 0 Å². The molecule has 0 spiro atoms. The first-order valence-electron chi connectivity index (χ1n) is 10.2. The topological polar surface area (TPSA) is 0 Å². The summed E-state index contributed by atoms with van der Waals surface area (Å²) in [5.41, 5.74) is 0. The number of hydrogen-bond acceptors (Lipinski definition) is 0. The molecule has 0 aromatic heterocycles. The van der Waals surface area contributed by atoms with Crippen molar-refractivity contribution in [3.63, 3.8) is 0 Å². The van der Waals surface area contributed by atoms with Crippen molar-refractivity contribution in [3.8, 4) is 0 Å². The molecule has 0 nitrogen and oxygen atoms in total. The minimum absolute atomic E-state index is 1.38. The van der Waals surface area contributed by atoms with Gasteiger partial charge in [-0.25, -0.2) is 0 Å². The maximum atomic E-state index is 2.39. The average Bonchev–Trinajstić information content (AvgIpc) is 2.51. The van der Waals surface area contributed by atoms with Crippen LogP contribution < -0.4 is 0 Å². The molecule has 0 aromatic rings. The van der Waals surface area contributed by atoms with E-state index in [0.29, 0.717) is 0 Å². The second kappa shape index (κ2) is 15.7. The predicted molar refractivity (Wildman–Crippen MR) is 103 cm³/mol. The molecule has 0 amide bonds. The molecule has 0 bridgehead atoms. The van der Waals surface area contributed by atoms with Gasteiger partial charge in [0.1, 0.15) is 0 Å². The van der Waals surface area contributed by atoms with Crippen molar-refractivity contribution < 1.29 is 0 Å². The second-order valence-corrected chi connectivity index (χ2v) is 21.6. The molecule has 128 valence electrons. The van der Waals surface area contributed by atoms with Gasteiger partial charge in [-0.3, -0.25) is 0 Å². The van der Waals surface area contributed by atoms with Gasteiger partial charge in [0.15, 0.2) is 0 Å². The van der Waals surface area contributed by atoms with E-state index in [9.17, 15) is 0 Å². The molecule has 0 saturated carbocycles. The van der Waals surface area contributed by atoms with Crippen molar-refractivity contribution in [2.24, 2.45) is 0 Å². The average molecular weight is 403 g/mol. The van der Waals surface area contributed by atoms with Crippen molar-refractivity contribution in [3.05, 3.63) is 0 Å². The molecule has 0 aliphatic heterocycles. The standard InChI is InChI=1S/C8H17.3C4H9.Sn/c1-3-5-7-8-6-4-2;3*1-3-4-2;/h1,3-8H2,2H3;3*1,3-4H2,2H3;. The molecular weight excluding hydrogens is 359 g/mol. The van der Waals surface area contributed by atoms with E-state index in [2.05, 4.69) is 27.7 Å². The Morgan fingerprint density at radius 3 is 1.14 bits per heavy atom. The van der Waals surface area contributed by atoms with Gasteiger partial charge in [-0.2, -0.15) is 0 Å². The zero-order chi connectivity index (χ0) is 15.8. The SMILES string of the molecule is CCCCCCC[CH2][Sn]([CH2]CCC)([CH2]CCC)[CH2]CCC. The minimum atomic E-state index is -1.76. The first kappa shape index (κ1) is 21.8. The van der Waals surface area contributed by atoms with Crippen LogP contribution in [0.5, 0.6) is 0 Å². The Hall–Kier alpha value is 0.799. The summed E-state index contributed by atoms with van der Waals surface area (Å²) in [6.45, 7) is 9.49. The van der Waals surface area contributed by atoms with Crippen molar-refractivity contribution in [2.45, 2.75) is 122 Å². The summed E-state index contributed by atoms with van der Waals surface area (Å²) in [7, 11) is 0. The van der Waals surface area contributed by atoms with E-state index >= 15 is 0 Å². The maximum absolute atomic E-state index is 2.39. The van der Waals surface area contributed by atoms with Gasteiger partial charge in [-0.15, -0.1) is 0 Å². The molecule has 0 saturated heterocycles. The quantitative estimate of drug-likeness (QED) is 0.180. The van der Waals surface area contributed by atoms with E-state index in [1.165, 1.54) is 51.4 Å². The molecule has 0 aliphatic rings. The van der Waals surface area contributed by atoms with E-state index in [0.717, 1.165) is 0 Å². The van der Waals surface area contributed by atoms with Crippen LogP contribution in [0.3, 0.4) is 0 Å². The normalized spacial score (nSPS) is 12.0. The van der Waals surface area contributed by atoms with Crippen molar-refractivity contribution in [1.82, 2.24) is 0 Å². The third kappa shape index (κ3) is 12.0. The molecule has 0 unspecified atom stereocenters. The molecule has 0 fully saturated rings. The monoisotopic (exact) mass is 404 g/mol. The van der Waals surface area contributed by atoms with Crippen LogP contribution >= 0.6 is 0 Å². The van der Waals surface area contributed by atoms with E-state index in [-0.39, 0.29) is 0 Å². The fraction of sp³-hybridized carbons (Fsp3) is 1.00. The van der Waals surface area contributed by atoms with E-state index in [1.807, 2.05) is 0 Å². The summed E-state index contributed by atoms with van der Waals surface area (Å²) in [6, 6.07) is 0. The van der Waals surface area contributed by atoms with Gasteiger partial charge < -0.3 is 0 Å². The van der Waals surface area contributed by atoms with Gasteiger partial charge >= 0.3 is 141 Å². The van der Waals surface area contributed by atoms with Crippen molar-refractivity contribution in [1.29, 1.82) is 0 Å². The molecular formula is C20H44Sn. The van der Waals surface area contributed by atoms with Gasteiger partial charge in [-0.05, 0) is 0 Å². The zero-order valence-corrected chi connectivity index (χ0v) is 18.7. The zero-order valence-electron chi connectivity index (χ0n) is 15.8. The van der Waals surface area contributed by atoms with Gasteiger partial charge in [0, 0.05) is 0 Å². The Bertz CT molecular complexity index is 178. The van der Waals surface area contributed by atoms with E-state index in [1.54, 1.807) is 43.4 Å². The van der Waals surface area contributed by atoms with Crippen molar-refractivity contribution >= 4 is 18.4 Å². The number of hydrogen-bond donors (Lipinski definition) is 0. The van der Waals surface area contributed by atoms with Crippen molar-refractivity contribution in [2.75, 3.05) is 0 Å². The van der Waals surface area contributed by atoms with Crippen LogP contribution in [0.1, 0.15) is 105 Å². The molecule has 0 atom stereocenters. The number of rotatable bonds is 16.